The first-order chi connectivity index (χ1) is 14.4. The number of carbonyl (C=O) groups excluding carboxylic acids is 1. The molecule has 6 nitrogen and oxygen atoms in total. The van der Waals surface area contributed by atoms with Gasteiger partial charge in [0.2, 0.25) is 0 Å². The largest absolute Gasteiger partial charge is 0.510 e. The Morgan fingerprint density at radius 3 is 2.83 bits per heavy atom. The highest BCUT2D eigenvalue weighted by molar-refractivity contribution is 5.86. The molecule has 3 unspecified atom stereocenters. The van der Waals surface area contributed by atoms with Gasteiger partial charge in [-0.1, -0.05) is 6.08 Å². The Kier molecular flexibility index (Phi) is 4.55. The van der Waals surface area contributed by atoms with Gasteiger partial charge in [0.25, 0.3) is 5.91 Å². The van der Waals surface area contributed by atoms with Crippen LogP contribution in [-0.2, 0) is 16.1 Å². The lowest BCUT2D eigenvalue weighted by Gasteiger charge is -2.50. The summed E-state index contributed by atoms with van der Waals surface area (Å²) < 4.78 is 47.2. The van der Waals surface area contributed by atoms with Crippen LogP contribution in [0, 0.1) is 17.5 Å². The molecule has 1 aromatic rings. The molecule has 30 heavy (non-hydrogen) atoms. The smallest absolute Gasteiger partial charge is 0.252 e. The average molecular weight is 421 g/mol. The summed E-state index contributed by atoms with van der Waals surface area (Å²) in [5.74, 6) is -3.13. The first-order valence-electron chi connectivity index (χ1n) is 10.1. The number of hydrogen-bond donors (Lipinski definition) is 2. The number of ether oxygens (including phenoxy) is 1. The Hall–Kier alpha value is -2.52. The van der Waals surface area contributed by atoms with Crippen molar-refractivity contribution in [3.63, 3.8) is 0 Å². The predicted molar refractivity (Wildman–Crippen MR) is 100 cm³/mol. The van der Waals surface area contributed by atoms with Crippen LogP contribution in [0.5, 0.6) is 0 Å². The molecule has 0 radical (unpaired) electrons. The van der Waals surface area contributed by atoms with Gasteiger partial charge in [0.15, 0.2) is 0 Å². The lowest BCUT2D eigenvalue weighted by molar-refractivity contribution is -0.205. The van der Waals surface area contributed by atoms with Gasteiger partial charge in [-0.25, -0.2) is 13.2 Å². The van der Waals surface area contributed by atoms with Crippen molar-refractivity contribution in [3.8, 4) is 0 Å². The van der Waals surface area contributed by atoms with Crippen LogP contribution in [-0.4, -0.2) is 51.8 Å². The number of rotatable bonds is 3. The van der Waals surface area contributed by atoms with Gasteiger partial charge in [-0.3, -0.25) is 9.69 Å². The van der Waals surface area contributed by atoms with Crippen molar-refractivity contribution < 1.29 is 27.8 Å². The minimum Gasteiger partial charge on any atom is -0.510 e. The highest BCUT2D eigenvalue weighted by Crippen LogP contribution is 2.45. The Labute approximate surface area is 171 Å². The molecule has 9 heteroatoms. The van der Waals surface area contributed by atoms with Gasteiger partial charge >= 0.3 is 0 Å². The van der Waals surface area contributed by atoms with Gasteiger partial charge < -0.3 is 20.1 Å². The first-order valence-corrected chi connectivity index (χ1v) is 10.1. The Morgan fingerprint density at radius 1 is 1.30 bits per heavy atom. The van der Waals surface area contributed by atoms with Gasteiger partial charge in [0.1, 0.15) is 35.0 Å². The zero-order valence-corrected chi connectivity index (χ0v) is 16.2. The SMILES string of the molecule is O=C(NCc1c(F)cc(F)cc1F)C12CCC(C1)N1CC3=C(O)CC=CN3CC1O2. The number of allylic oxidation sites excluding steroid dienone is 1. The number of nitrogens with zero attached hydrogens (tertiary/aromatic N) is 2. The molecule has 5 rings (SSSR count). The second kappa shape index (κ2) is 7.02. The monoisotopic (exact) mass is 421 g/mol. The summed E-state index contributed by atoms with van der Waals surface area (Å²) in [4.78, 5) is 17.1. The van der Waals surface area contributed by atoms with E-state index in [4.69, 9.17) is 4.74 Å². The molecule has 1 aliphatic carbocycles. The van der Waals surface area contributed by atoms with Crippen molar-refractivity contribution in [3.05, 3.63) is 58.9 Å². The molecule has 3 aliphatic heterocycles. The van der Waals surface area contributed by atoms with E-state index in [1.165, 1.54) is 0 Å². The van der Waals surface area contributed by atoms with Crippen LogP contribution in [0.25, 0.3) is 0 Å². The van der Waals surface area contributed by atoms with Gasteiger partial charge in [0, 0.05) is 55.9 Å². The molecule has 4 aliphatic rings. The normalized spacial score (nSPS) is 30.3. The van der Waals surface area contributed by atoms with Gasteiger partial charge in [-0.2, -0.15) is 0 Å². The quantitative estimate of drug-likeness (QED) is 0.786. The third-order valence-electron chi connectivity index (χ3n) is 6.55. The van der Waals surface area contributed by atoms with Crippen LogP contribution in [0.3, 0.4) is 0 Å². The summed E-state index contributed by atoms with van der Waals surface area (Å²) in [6.07, 6.45) is 5.72. The van der Waals surface area contributed by atoms with E-state index in [0.29, 0.717) is 50.2 Å². The number of carbonyl (C=O) groups is 1. The molecule has 2 bridgehead atoms. The Bertz CT molecular complexity index is 943. The maximum atomic E-state index is 13.9. The molecule has 160 valence electrons. The summed E-state index contributed by atoms with van der Waals surface area (Å²) in [5, 5.41) is 12.8. The van der Waals surface area contributed by atoms with E-state index in [1.807, 2.05) is 17.2 Å². The second-order valence-electron chi connectivity index (χ2n) is 8.30. The first kappa shape index (κ1) is 19.4. The van der Waals surface area contributed by atoms with E-state index in [9.17, 15) is 23.1 Å². The Morgan fingerprint density at radius 2 is 2.07 bits per heavy atom. The van der Waals surface area contributed by atoms with Gasteiger partial charge in [-0.15, -0.1) is 0 Å². The van der Waals surface area contributed by atoms with E-state index in [-0.39, 0.29) is 24.4 Å². The number of halogens is 3. The van der Waals surface area contributed by atoms with E-state index < -0.39 is 29.0 Å². The van der Waals surface area contributed by atoms with E-state index in [2.05, 4.69) is 10.2 Å². The molecular formula is C21H22F3N3O3. The fourth-order valence-electron chi connectivity index (χ4n) is 5.00. The molecular weight excluding hydrogens is 399 g/mol. The molecule has 3 fully saturated rings. The minimum atomic E-state index is -1.05. The maximum absolute atomic E-state index is 13.9. The predicted octanol–water partition coefficient (Wildman–Crippen LogP) is 2.67. The van der Waals surface area contributed by atoms with Crippen molar-refractivity contribution in [1.82, 2.24) is 15.1 Å². The molecule has 1 amide bonds. The molecule has 2 N–H and O–H groups in total. The molecule has 0 spiro atoms. The lowest BCUT2D eigenvalue weighted by atomic mass is 9.96. The Balaban J connectivity index is 1.31. The average Bonchev–Trinajstić information content (AvgIpc) is 3.06. The summed E-state index contributed by atoms with van der Waals surface area (Å²) >= 11 is 0. The fraction of sp³-hybridized carbons (Fsp3) is 0.476. The number of amides is 1. The van der Waals surface area contributed by atoms with E-state index in [0.717, 1.165) is 12.1 Å². The maximum Gasteiger partial charge on any atom is 0.252 e. The highest BCUT2D eigenvalue weighted by atomic mass is 19.1. The number of aliphatic hydroxyl groups excluding tert-OH is 1. The summed E-state index contributed by atoms with van der Waals surface area (Å²) in [5.41, 5.74) is -0.570. The van der Waals surface area contributed by atoms with Gasteiger partial charge in [0.05, 0.1) is 12.2 Å². The fourth-order valence-corrected chi connectivity index (χ4v) is 5.00. The summed E-state index contributed by atoms with van der Waals surface area (Å²) in [7, 11) is 0. The lowest BCUT2D eigenvalue weighted by Crippen LogP contribution is -2.63. The van der Waals surface area contributed by atoms with E-state index in [1.54, 1.807) is 0 Å². The number of aliphatic hydroxyl groups is 1. The van der Waals surface area contributed by atoms with Crippen molar-refractivity contribution in [2.75, 3.05) is 13.1 Å². The minimum absolute atomic E-state index is 0.127. The van der Waals surface area contributed by atoms with E-state index >= 15 is 0 Å². The van der Waals surface area contributed by atoms with Crippen molar-refractivity contribution in [1.29, 1.82) is 0 Å². The van der Waals surface area contributed by atoms with Crippen LogP contribution in [0.2, 0.25) is 0 Å². The molecule has 2 saturated heterocycles. The zero-order valence-electron chi connectivity index (χ0n) is 16.2. The third-order valence-corrected chi connectivity index (χ3v) is 6.55. The highest BCUT2D eigenvalue weighted by Gasteiger charge is 2.56. The number of benzene rings is 1. The summed E-state index contributed by atoms with van der Waals surface area (Å²) in [6.45, 7) is 0.661. The number of nitrogens with one attached hydrogen (secondary N) is 1. The van der Waals surface area contributed by atoms with Crippen LogP contribution < -0.4 is 5.32 Å². The zero-order chi connectivity index (χ0) is 21.0. The van der Waals surface area contributed by atoms with Crippen molar-refractivity contribution in [2.45, 2.75) is 50.1 Å². The molecule has 1 aromatic carbocycles. The standard InChI is InChI=1S/C21H22F3N3O3/c22-12-6-15(23)14(16(24)7-12)9-25-20(29)21-4-3-13(8-21)27-10-17-18(28)2-1-5-26(17)11-19(27)30-21/h1,5-7,13,19,28H,2-4,8-11H2,(H,25,29). The van der Waals surface area contributed by atoms with Crippen molar-refractivity contribution >= 4 is 5.91 Å². The molecule has 3 atom stereocenters. The molecule has 3 heterocycles. The molecule has 0 aromatic heterocycles. The molecule has 1 saturated carbocycles. The van der Waals surface area contributed by atoms with Crippen LogP contribution in [0.15, 0.2) is 35.9 Å². The number of fused-ring (bicyclic) bond motifs is 5. The van der Waals surface area contributed by atoms with Crippen LogP contribution in [0.1, 0.15) is 31.2 Å². The second-order valence-corrected chi connectivity index (χ2v) is 8.30. The summed E-state index contributed by atoms with van der Waals surface area (Å²) in [6, 6.07) is 1.32. The van der Waals surface area contributed by atoms with Crippen LogP contribution in [0.4, 0.5) is 13.2 Å². The number of piperazine rings is 1. The van der Waals surface area contributed by atoms with Crippen molar-refractivity contribution in [2.24, 2.45) is 0 Å². The third kappa shape index (κ3) is 3.07. The number of hydrogen-bond acceptors (Lipinski definition) is 5. The topological polar surface area (TPSA) is 65.0 Å². The van der Waals surface area contributed by atoms with Gasteiger partial charge in [-0.05, 0) is 12.8 Å². The van der Waals surface area contributed by atoms with Crippen LogP contribution >= 0.6 is 0 Å².